The minimum atomic E-state index is -3.94. The van der Waals surface area contributed by atoms with Gasteiger partial charge in [-0.2, -0.15) is 5.10 Å². The maximum absolute atomic E-state index is 13.7. The number of benzene rings is 3. The number of nitrogens with one attached hydrogen (secondary N) is 2. The van der Waals surface area contributed by atoms with Gasteiger partial charge in [0.05, 0.1) is 23.2 Å². The number of ether oxygens (including phenoxy) is 1. The molecule has 3 aromatic rings. The Bertz CT molecular complexity index is 1210. The van der Waals surface area contributed by atoms with Crippen LogP contribution in [0.5, 0.6) is 5.75 Å². The quantitative estimate of drug-likeness (QED) is 0.409. The number of halogens is 2. The van der Waals surface area contributed by atoms with Crippen LogP contribution >= 0.6 is 11.6 Å². The summed E-state index contributed by atoms with van der Waals surface area (Å²) in [7, 11) is -2.44. The zero-order valence-corrected chi connectivity index (χ0v) is 17.7. The van der Waals surface area contributed by atoms with Crippen molar-refractivity contribution < 1.29 is 22.3 Å². The van der Waals surface area contributed by atoms with E-state index in [0.717, 1.165) is 6.21 Å². The molecule has 0 heterocycles. The molecule has 1 amide bonds. The summed E-state index contributed by atoms with van der Waals surface area (Å²) in [5, 5.41) is 3.82. The van der Waals surface area contributed by atoms with Crippen molar-refractivity contribution in [2.45, 2.75) is 4.90 Å². The van der Waals surface area contributed by atoms with E-state index in [0.29, 0.717) is 11.4 Å². The number of methoxy groups -OCH3 is 1. The van der Waals surface area contributed by atoms with Gasteiger partial charge in [0.15, 0.2) is 0 Å². The fourth-order valence-corrected chi connectivity index (χ4v) is 3.85. The highest BCUT2D eigenvalue weighted by molar-refractivity contribution is 7.92. The van der Waals surface area contributed by atoms with Gasteiger partial charge in [0.25, 0.3) is 15.9 Å². The summed E-state index contributed by atoms with van der Waals surface area (Å²) in [5.41, 5.74) is 2.62. The second-order valence-electron chi connectivity index (χ2n) is 6.20. The number of carbonyl (C=O) groups is 1. The third-order valence-electron chi connectivity index (χ3n) is 4.11. The van der Waals surface area contributed by atoms with E-state index in [-0.39, 0.29) is 21.0 Å². The maximum atomic E-state index is 13.7. The van der Waals surface area contributed by atoms with Gasteiger partial charge in [0.2, 0.25) is 0 Å². The molecule has 0 aromatic heterocycles. The SMILES string of the molecule is COc1ccc(NS(=O)(=O)c2cccc(C(=O)N/N=C/c3c(F)cccc3Cl)c2)cc1. The topological polar surface area (TPSA) is 96.9 Å². The Kier molecular flexibility index (Phi) is 6.88. The van der Waals surface area contributed by atoms with Gasteiger partial charge < -0.3 is 4.74 Å². The normalized spacial score (nSPS) is 11.3. The Morgan fingerprint density at radius 3 is 2.48 bits per heavy atom. The summed E-state index contributed by atoms with van der Waals surface area (Å²) in [6.45, 7) is 0. The van der Waals surface area contributed by atoms with Gasteiger partial charge in [-0.1, -0.05) is 23.7 Å². The molecule has 0 aliphatic rings. The Balaban J connectivity index is 1.73. The van der Waals surface area contributed by atoms with Gasteiger partial charge in [-0.3, -0.25) is 9.52 Å². The molecule has 31 heavy (non-hydrogen) atoms. The van der Waals surface area contributed by atoms with E-state index in [1.165, 1.54) is 49.6 Å². The molecule has 3 aromatic carbocycles. The smallest absolute Gasteiger partial charge is 0.271 e. The Hall–Kier alpha value is -3.43. The number of hydrazone groups is 1. The van der Waals surface area contributed by atoms with E-state index in [4.69, 9.17) is 16.3 Å². The van der Waals surface area contributed by atoms with E-state index < -0.39 is 21.7 Å². The van der Waals surface area contributed by atoms with Gasteiger partial charge >= 0.3 is 0 Å². The highest BCUT2D eigenvalue weighted by Gasteiger charge is 2.16. The molecule has 0 saturated heterocycles. The molecule has 0 bridgehead atoms. The van der Waals surface area contributed by atoms with Crippen LogP contribution in [0.1, 0.15) is 15.9 Å². The van der Waals surface area contributed by atoms with Crippen LogP contribution in [0, 0.1) is 5.82 Å². The summed E-state index contributed by atoms with van der Waals surface area (Å²) >= 11 is 5.89. The average Bonchev–Trinajstić information content (AvgIpc) is 2.76. The molecule has 0 unspecified atom stereocenters. The van der Waals surface area contributed by atoms with E-state index in [9.17, 15) is 17.6 Å². The summed E-state index contributed by atoms with van der Waals surface area (Å²) < 4.78 is 46.5. The van der Waals surface area contributed by atoms with Crippen LogP contribution in [0.15, 0.2) is 76.7 Å². The first-order valence-electron chi connectivity index (χ1n) is 8.84. The van der Waals surface area contributed by atoms with Gasteiger partial charge in [-0.05, 0) is 54.6 Å². The zero-order chi connectivity index (χ0) is 22.4. The molecule has 2 N–H and O–H groups in total. The number of hydrogen-bond acceptors (Lipinski definition) is 5. The van der Waals surface area contributed by atoms with Crippen molar-refractivity contribution in [2.24, 2.45) is 5.10 Å². The zero-order valence-electron chi connectivity index (χ0n) is 16.2. The number of anilines is 1. The lowest BCUT2D eigenvalue weighted by Gasteiger charge is -2.10. The van der Waals surface area contributed by atoms with E-state index in [1.807, 2.05) is 0 Å². The van der Waals surface area contributed by atoms with Crippen LogP contribution in [0.4, 0.5) is 10.1 Å². The van der Waals surface area contributed by atoms with Crippen LogP contribution in [0.3, 0.4) is 0 Å². The molecule has 0 spiro atoms. The molecule has 3 rings (SSSR count). The first-order valence-corrected chi connectivity index (χ1v) is 10.7. The molecular formula is C21H17ClFN3O4S. The van der Waals surface area contributed by atoms with Crippen molar-refractivity contribution in [3.63, 3.8) is 0 Å². The summed E-state index contributed by atoms with van der Waals surface area (Å²) in [5.74, 6) is -0.688. The number of hydrogen-bond donors (Lipinski definition) is 2. The van der Waals surface area contributed by atoms with Gasteiger partial charge in [-0.15, -0.1) is 0 Å². The predicted molar refractivity (Wildman–Crippen MR) is 117 cm³/mol. The Morgan fingerprint density at radius 1 is 1.10 bits per heavy atom. The first-order chi connectivity index (χ1) is 14.8. The van der Waals surface area contributed by atoms with Crippen molar-refractivity contribution in [2.75, 3.05) is 11.8 Å². The lowest BCUT2D eigenvalue weighted by molar-refractivity contribution is 0.0955. The number of sulfonamides is 1. The fourth-order valence-electron chi connectivity index (χ4n) is 2.53. The van der Waals surface area contributed by atoms with Gasteiger partial charge in [0, 0.05) is 16.8 Å². The summed E-state index contributed by atoms with van der Waals surface area (Å²) in [6, 6.07) is 15.9. The van der Waals surface area contributed by atoms with E-state index >= 15 is 0 Å². The highest BCUT2D eigenvalue weighted by atomic mass is 35.5. The van der Waals surface area contributed by atoms with Crippen molar-refractivity contribution in [1.29, 1.82) is 0 Å². The molecule has 160 valence electrons. The van der Waals surface area contributed by atoms with Crippen molar-refractivity contribution >= 4 is 39.4 Å². The molecular weight excluding hydrogens is 445 g/mol. The molecule has 0 fully saturated rings. The highest BCUT2D eigenvalue weighted by Crippen LogP contribution is 2.20. The second kappa shape index (κ2) is 9.59. The molecule has 0 atom stereocenters. The molecule has 10 heteroatoms. The Labute approximate surface area is 183 Å². The molecule has 0 aliphatic carbocycles. The minimum Gasteiger partial charge on any atom is -0.497 e. The van der Waals surface area contributed by atoms with Crippen LogP contribution in [-0.4, -0.2) is 27.6 Å². The minimum absolute atomic E-state index is 0.0180. The van der Waals surface area contributed by atoms with Crippen LogP contribution in [-0.2, 0) is 10.0 Å². The largest absolute Gasteiger partial charge is 0.497 e. The number of rotatable bonds is 7. The predicted octanol–water partition coefficient (Wildman–Crippen LogP) is 4.05. The summed E-state index contributed by atoms with van der Waals surface area (Å²) in [4.78, 5) is 12.2. The van der Waals surface area contributed by atoms with Crippen LogP contribution < -0.4 is 14.9 Å². The lowest BCUT2D eigenvalue weighted by Crippen LogP contribution is -2.19. The fraction of sp³-hybridized carbons (Fsp3) is 0.0476. The monoisotopic (exact) mass is 461 g/mol. The van der Waals surface area contributed by atoms with E-state index in [1.54, 1.807) is 24.3 Å². The van der Waals surface area contributed by atoms with Crippen molar-refractivity contribution in [3.8, 4) is 5.75 Å². The van der Waals surface area contributed by atoms with Gasteiger partial charge in [-0.25, -0.2) is 18.2 Å². The number of amides is 1. The number of nitrogens with zero attached hydrogens (tertiary/aromatic N) is 1. The average molecular weight is 462 g/mol. The van der Waals surface area contributed by atoms with E-state index in [2.05, 4.69) is 15.2 Å². The molecule has 7 nitrogen and oxygen atoms in total. The number of carbonyl (C=O) groups excluding carboxylic acids is 1. The second-order valence-corrected chi connectivity index (χ2v) is 8.29. The lowest BCUT2D eigenvalue weighted by atomic mass is 10.2. The molecule has 0 aliphatic heterocycles. The third kappa shape index (κ3) is 5.59. The third-order valence-corrected chi connectivity index (χ3v) is 5.82. The molecule has 0 saturated carbocycles. The Morgan fingerprint density at radius 2 is 1.81 bits per heavy atom. The van der Waals surface area contributed by atoms with Crippen LogP contribution in [0.25, 0.3) is 0 Å². The van der Waals surface area contributed by atoms with Gasteiger partial charge in [0.1, 0.15) is 11.6 Å². The first kappa shape index (κ1) is 22.3. The van der Waals surface area contributed by atoms with Crippen LogP contribution in [0.2, 0.25) is 5.02 Å². The maximum Gasteiger partial charge on any atom is 0.271 e. The summed E-state index contributed by atoms with van der Waals surface area (Å²) in [6.07, 6.45) is 1.07. The van der Waals surface area contributed by atoms with Crippen molar-refractivity contribution in [3.05, 3.63) is 88.7 Å². The molecule has 0 radical (unpaired) electrons. The standard InChI is InChI=1S/C21H17ClFN3O4S/c1-30-16-10-8-15(9-11-16)26-31(28,29)17-5-2-4-14(12-17)21(27)25-24-13-18-19(22)6-3-7-20(18)23/h2-13,26H,1H3,(H,25,27)/b24-13+. The van der Waals surface area contributed by atoms with Crippen molar-refractivity contribution in [1.82, 2.24) is 5.43 Å².